The van der Waals surface area contributed by atoms with Crippen molar-refractivity contribution in [3.8, 4) is 17.2 Å². The molecule has 0 saturated carbocycles. The molecule has 1 aromatic carbocycles. The molecule has 0 saturated heterocycles. The lowest BCUT2D eigenvalue weighted by Gasteiger charge is -2.18. The van der Waals surface area contributed by atoms with Gasteiger partial charge in [0.25, 0.3) is 0 Å². The second-order valence-electron chi connectivity index (χ2n) is 5.27. The predicted molar refractivity (Wildman–Crippen MR) is 86.5 cm³/mol. The van der Waals surface area contributed by atoms with Crippen LogP contribution in [0.4, 0.5) is 0 Å². The highest BCUT2D eigenvalue weighted by Crippen LogP contribution is 2.39. The van der Waals surface area contributed by atoms with Crippen LogP contribution in [0.25, 0.3) is 0 Å². The summed E-state index contributed by atoms with van der Waals surface area (Å²) in [5, 5.41) is 3.54. The number of rotatable bonds is 10. The van der Waals surface area contributed by atoms with Gasteiger partial charge in [-0.1, -0.05) is 32.3 Å². The van der Waals surface area contributed by atoms with E-state index in [9.17, 15) is 0 Å². The van der Waals surface area contributed by atoms with Crippen molar-refractivity contribution in [1.82, 2.24) is 5.32 Å². The molecule has 0 aliphatic rings. The Morgan fingerprint density at radius 3 is 2.29 bits per heavy atom. The number of methoxy groups -OCH3 is 3. The third-order valence-corrected chi connectivity index (χ3v) is 3.67. The molecule has 4 nitrogen and oxygen atoms in total. The molecule has 1 rings (SSSR count). The van der Waals surface area contributed by atoms with Crippen molar-refractivity contribution in [3.05, 3.63) is 17.7 Å². The van der Waals surface area contributed by atoms with Gasteiger partial charge in [-0.15, -0.1) is 0 Å². The van der Waals surface area contributed by atoms with E-state index in [4.69, 9.17) is 14.2 Å². The highest BCUT2D eigenvalue weighted by atomic mass is 16.5. The summed E-state index contributed by atoms with van der Waals surface area (Å²) >= 11 is 0. The molecule has 0 aromatic heterocycles. The smallest absolute Gasteiger partial charge is 0.203 e. The molecular formula is C17H29NO3. The Labute approximate surface area is 128 Å². The van der Waals surface area contributed by atoms with Gasteiger partial charge in [0.15, 0.2) is 11.5 Å². The van der Waals surface area contributed by atoms with E-state index in [1.807, 2.05) is 12.1 Å². The molecule has 0 fully saturated rings. The zero-order valence-electron chi connectivity index (χ0n) is 14.0. The topological polar surface area (TPSA) is 39.7 Å². The van der Waals surface area contributed by atoms with Crippen molar-refractivity contribution in [2.24, 2.45) is 0 Å². The first-order valence-electron chi connectivity index (χ1n) is 7.69. The lowest BCUT2D eigenvalue weighted by molar-refractivity contribution is 0.321. The minimum Gasteiger partial charge on any atom is -0.493 e. The summed E-state index contributed by atoms with van der Waals surface area (Å²) in [6.45, 7) is 5.21. The van der Waals surface area contributed by atoms with E-state index in [0.29, 0.717) is 17.5 Å². The molecule has 0 aliphatic carbocycles. The average Bonchev–Trinajstić information content (AvgIpc) is 2.51. The van der Waals surface area contributed by atoms with E-state index in [-0.39, 0.29) is 0 Å². The standard InChI is InChI=1S/C17H29NO3/c1-6-7-8-9-13(2)18-12-14-10-11-15(19-3)17(21-5)16(14)20-4/h10-11,13,18H,6-9,12H2,1-5H3. The summed E-state index contributed by atoms with van der Waals surface area (Å²) in [4.78, 5) is 0. The Kier molecular flexibility index (Phi) is 7.98. The van der Waals surface area contributed by atoms with Crippen molar-refractivity contribution < 1.29 is 14.2 Å². The quantitative estimate of drug-likeness (QED) is 0.667. The van der Waals surface area contributed by atoms with Gasteiger partial charge in [-0.3, -0.25) is 0 Å². The second-order valence-corrected chi connectivity index (χ2v) is 5.27. The van der Waals surface area contributed by atoms with E-state index in [1.165, 1.54) is 25.7 Å². The molecule has 120 valence electrons. The molecular weight excluding hydrogens is 266 g/mol. The monoisotopic (exact) mass is 295 g/mol. The number of benzene rings is 1. The zero-order valence-corrected chi connectivity index (χ0v) is 14.0. The maximum Gasteiger partial charge on any atom is 0.203 e. The normalized spacial score (nSPS) is 12.0. The Hall–Kier alpha value is -1.42. The number of nitrogens with one attached hydrogen (secondary N) is 1. The molecule has 0 bridgehead atoms. The highest BCUT2D eigenvalue weighted by Gasteiger charge is 2.15. The summed E-state index contributed by atoms with van der Waals surface area (Å²) in [6.07, 6.45) is 5.03. The van der Waals surface area contributed by atoms with E-state index in [2.05, 4.69) is 19.2 Å². The number of hydrogen-bond acceptors (Lipinski definition) is 4. The third-order valence-electron chi connectivity index (χ3n) is 3.67. The van der Waals surface area contributed by atoms with Gasteiger partial charge in [0, 0.05) is 18.2 Å². The van der Waals surface area contributed by atoms with E-state index in [1.54, 1.807) is 21.3 Å². The Morgan fingerprint density at radius 1 is 1.00 bits per heavy atom. The van der Waals surface area contributed by atoms with Crippen LogP contribution in [0.1, 0.15) is 45.1 Å². The Morgan fingerprint density at radius 2 is 1.71 bits per heavy atom. The largest absolute Gasteiger partial charge is 0.493 e. The number of ether oxygens (including phenoxy) is 3. The summed E-state index contributed by atoms with van der Waals surface area (Å²) in [7, 11) is 4.92. The third kappa shape index (κ3) is 5.12. The molecule has 0 radical (unpaired) electrons. The molecule has 0 heterocycles. The maximum atomic E-state index is 5.50. The fourth-order valence-corrected chi connectivity index (χ4v) is 2.39. The predicted octanol–water partition coefficient (Wildman–Crippen LogP) is 3.77. The summed E-state index contributed by atoms with van der Waals surface area (Å²) in [6, 6.07) is 4.43. The first kappa shape index (κ1) is 17.6. The minimum atomic E-state index is 0.495. The van der Waals surface area contributed by atoms with Gasteiger partial charge in [0.05, 0.1) is 21.3 Å². The van der Waals surface area contributed by atoms with Gasteiger partial charge in [0.2, 0.25) is 5.75 Å². The molecule has 0 aliphatic heterocycles. The SMILES string of the molecule is CCCCCC(C)NCc1ccc(OC)c(OC)c1OC. The van der Waals surface area contributed by atoms with E-state index >= 15 is 0 Å². The van der Waals surface area contributed by atoms with Crippen molar-refractivity contribution in [1.29, 1.82) is 0 Å². The van der Waals surface area contributed by atoms with Gasteiger partial charge < -0.3 is 19.5 Å². The fraction of sp³-hybridized carbons (Fsp3) is 0.647. The van der Waals surface area contributed by atoms with Crippen LogP contribution in [0.2, 0.25) is 0 Å². The Bertz CT molecular complexity index is 421. The molecule has 1 atom stereocenters. The van der Waals surface area contributed by atoms with Crippen LogP contribution >= 0.6 is 0 Å². The van der Waals surface area contributed by atoms with E-state index in [0.717, 1.165) is 17.9 Å². The number of hydrogen-bond donors (Lipinski definition) is 1. The molecule has 1 aromatic rings. The van der Waals surface area contributed by atoms with Gasteiger partial charge in [0.1, 0.15) is 0 Å². The van der Waals surface area contributed by atoms with Crippen molar-refractivity contribution in [2.75, 3.05) is 21.3 Å². The van der Waals surface area contributed by atoms with Crippen molar-refractivity contribution in [3.63, 3.8) is 0 Å². The first-order chi connectivity index (χ1) is 10.2. The maximum absolute atomic E-state index is 5.50. The highest BCUT2D eigenvalue weighted by molar-refractivity contribution is 5.55. The van der Waals surface area contributed by atoms with Crippen LogP contribution in [-0.4, -0.2) is 27.4 Å². The lowest BCUT2D eigenvalue weighted by Crippen LogP contribution is -2.25. The molecule has 1 N–H and O–H groups in total. The van der Waals surface area contributed by atoms with Gasteiger partial charge in [-0.05, 0) is 19.4 Å². The van der Waals surface area contributed by atoms with Crippen LogP contribution in [0.3, 0.4) is 0 Å². The summed E-state index contributed by atoms with van der Waals surface area (Å²) in [5.74, 6) is 2.08. The van der Waals surface area contributed by atoms with Crippen LogP contribution in [0.15, 0.2) is 12.1 Å². The second kappa shape index (κ2) is 9.50. The van der Waals surface area contributed by atoms with Crippen molar-refractivity contribution >= 4 is 0 Å². The molecule has 21 heavy (non-hydrogen) atoms. The molecule has 0 amide bonds. The minimum absolute atomic E-state index is 0.495. The van der Waals surface area contributed by atoms with Gasteiger partial charge in [-0.25, -0.2) is 0 Å². The van der Waals surface area contributed by atoms with Gasteiger partial charge >= 0.3 is 0 Å². The average molecular weight is 295 g/mol. The molecule has 0 spiro atoms. The zero-order chi connectivity index (χ0) is 15.7. The Balaban J connectivity index is 2.70. The fourth-order valence-electron chi connectivity index (χ4n) is 2.39. The van der Waals surface area contributed by atoms with Gasteiger partial charge in [-0.2, -0.15) is 0 Å². The van der Waals surface area contributed by atoms with Crippen molar-refractivity contribution in [2.45, 2.75) is 52.1 Å². The van der Waals surface area contributed by atoms with Crippen LogP contribution in [-0.2, 0) is 6.54 Å². The molecule has 1 unspecified atom stereocenters. The lowest BCUT2D eigenvalue weighted by atomic mass is 10.1. The molecule has 4 heteroatoms. The number of unbranched alkanes of at least 4 members (excludes halogenated alkanes) is 2. The summed E-state index contributed by atoms with van der Waals surface area (Å²) < 4.78 is 16.2. The first-order valence-corrected chi connectivity index (χ1v) is 7.69. The van der Waals surface area contributed by atoms with Crippen LogP contribution in [0.5, 0.6) is 17.2 Å². The summed E-state index contributed by atoms with van der Waals surface area (Å²) in [5.41, 5.74) is 1.08. The van der Waals surface area contributed by atoms with E-state index < -0.39 is 0 Å². The van der Waals surface area contributed by atoms with Crippen LogP contribution < -0.4 is 19.5 Å². The van der Waals surface area contributed by atoms with Crippen LogP contribution in [0, 0.1) is 0 Å².